The zero-order valence-corrected chi connectivity index (χ0v) is 17.3. The number of methoxy groups -OCH3 is 1. The van der Waals surface area contributed by atoms with Gasteiger partial charge in [0.15, 0.2) is 5.82 Å². The van der Waals surface area contributed by atoms with Crippen LogP contribution in [0.25, 0.3) is 0 Å². The van der Waals surface area contributed by atoms with Gasteiger partial charge in [-0.3, -0.25) is 0 Å². The summed E-state index contributed by atoms with van der Waals surface area (Å²) < 4.78 is 18.5. The molecule has 0 radical (unpaired) electrons. The topological polar surface area (TPSA) is 70.3 Å². The van der Waals surface area contributed by atoms with Gasteiger partial charge in [-0.15, -0.1) is 0 Å². The lowest BCUT2D eigenvalue weighted by atomic mass is 9.97. The highest BCUT2D eigenvalue weighted by Crippen LogP contribution is 2.29. The number of oxime groups is 1. The van der Waals surface area contributed by atoms with Crippen LogP contribution in [0.1, 0.15) is 23.1 Å². The Hall–Kier alpha value is -2.35. The molecule has 1 aliphatic rings. The van der Waals surface area contributed by atoms with Gasteiger partial charge in [0.2, 0.25) is 0 Å². The number of benzene rings is 1. The summed E-state index contributed by atoms with van der Waals surface area (Å²) in [5, 5.41) is 13.2. The number of halogens is 2. The Labute approximate surface area is 174 Å². The van der Waals surface area contributed by atoms with Crippen LogP contribution in [0.2, 0.25) is 5.02 Å². The molecule has 0 amide bonds. The molecule has 1 aromatic carbocycles. The first-order valence-electron chi connectivity index (χ1n) is 9.38. The molecule has 0 aliphatic carbocycles. The lowest BCUT2D eigenvalue weighted by molar-refractivity contribution is 0.182. The molecule has 154 valence electrons. The van der Waals surface area contributed by atoms with Crippen LogP contribution in [0.3, 0.4) is 0 Å². The minimum atomic E-state index is -0.477. The monoisotopic (exact) mass is 418 g/mol. The van der Waals surface area contributed by atoms with Gasteiger partial charge in [-0.2, -0.15) is 0 Å². The lowest BCUT2D eigenvalue weighted by Gasteiger charge is -2.16. The Morgan fingerprint density at radius 3 is 2.93 bits per heavy atom. The van der Waals surface area contributed by atoms with Crippen molar-refractivity contribution in [1.29, 1.82) is 0 Å². The predicted octanol–water partition coefficient (Wildman–Crippen LogP) is 3.89. The van der Waals surface area contributed by atoms with Crippen molar-refractivity contribution in [2.45, 2.75) is 19.3 Å². The Morgan fingerprint density at radius 1 is 1.38 bits per heavy atom. The van der Waals surface area contributed by atoms with E-state index in [4.69, 9.17) is 16.3 Å². The van der Waals surface area contributed by atoms with Gasteiger partial charge in [0, 0.05) is 62.7 Å². The summed E-state index contributed by atoms with van der Waals surface area (Å²) >= 11 is 5.88. The van der Waals surface area contributed by atoms with Crippen LogP contribution >= 0.6 is 11.6 Å². The first-order chi connectivity index (χ1) is 14.0. The van der Waals surface area contributed by atoms with E-state index in [1.807, 2.05) is 13.1 Å². The SMILES string of the molecule is COCCCN(C)CC1=Nc2nccc(/C(Cc3ccc(F)c(Cl)c3)=N/O)c2C1. The first kappa shape index (κ1) is 21.4. The van der Waals surface area contributed by atoms with Crippen LogP contribution in [-0.4, -0.2) is 60.4 Å². The quantitative estimate of drug-likeness (QED) is 0.290. The van der Waals surface area contributed by atoms with E-state index in [1.165, 1.54) is 6.07 Å². The van der Waals surface area contributed by atoms with Crippen molar-refractivity contribution in [3.05, 3.63) is 58.0 Å². The summed E-state index contributed by atoms with van der Waals surface area (Å²) in [5.41, 5.74) is 3.97. The summed E-state index contributed by atoms with van der Waals surface area (Å²) in [4.78, 5) is 11.2. The maximum Gasteiger partial charge on any atom is 0.156 e. The summed E-state index contributed by atoms with van der Waals surface area (Å²) in [7, 11) is 3.75. The van der Waals surface area contributed by atoms with Crippen LogP contribution in [-0.2, 0) is 17.6 Å². The van der Waals surface area contributed by atoms with Crippen molar-refractivity contribution in [2.75, 3.05) is 33.9 Å². The maximum atomic E-state index is 13.4. The van der Waals surface area contributed by atoms with Crippen LogP contribution < -0.4 is 0 Å². The minimum Gasteiger partial charge on any atom is -0.411 e. The molecule has 1 aromatic heterocycles. The van der Waals surface area contributed by atoms with Gasteiger partial charge >= 0.3 is 0 Å². The van der Waals surface area contributed by atoms with Crippen molar-refractivity contribution in [2.24, 2.45) is 10.1 Å². The van der Waals surface area contributed by atoms with Gasteiger partial charge in [0.05, 0.1) is 10.7 Å². The van der Waals surface area contributed by atoms with Gasteiger partial charge in [-0.25, -0.2) is 14.4 Å². The predicted molar refractivity (Wildman–Crippen MR) is 112 cm³/mol. The van der Waals surface area contributed by atoms with Gasteiger partial charge in [0.1, 0.15) is 5.82 Å². The molecule has 0 bridgehead atoms. The van der Waals surface area contributed by atoms with Gasteiger partial charge in [-0.1, -0.05) is 22.8 Å². The second-order valence-electron chi connectivity index (χ2n) is 7.07. The zero-order valence-electron chi connectivity index (χ0n) is 16.5. The fraction of sp³-hybridized carbons (Fsp3) is 0.381. The standard InChI is InChI=1S/C21H24ClFN4O2/c1-27(8-3-9-29-2)13-15-12-17-16(6-7-24-21(17)25-15)20(26-28)11-14-4-5-19(23)18(22)10-14/h4-7,10,28H,3,8-9,11-13H2,1-2H3/b26-20+. The van der Waals surface area contributed by atoms with E-state index in [0.717, 1.165) is 48.5 Å². The lowest BCUT2D eigenvalue weighted by Crippen LogP contribution is -2.27. The van der Waals surface area contributed by atoms with E-state index in [-0.39, 0.29) is 5.02 Å². The minimum absolute atomic E-state index is 0.0434. The number of rotatable bonds is 9. The first-order valence-corrected chi connectivity index (χ1v) is 9.76. The highest BCUT2D eigenvalue weighted by Gasteiger charge is 2.23. The van der Waals surface area contributed by atoms with E-state index in [0.29, 0.717) is 24.4 Å². The molecule has 2 aromatic rings. The van der Waals surface area contributed by atoms with E-state index in [9.17, 15) is 9.60 Å². The zero-order chi connectivity index (χ0) is 20.8. The number of aromatic nitrogens is 1. The average molecular weight is 419 g/mol. The van der Waals surface area contributed by atoms with Crippen molar-refractivity contribution in [3.63, 3.8) is 0 Å². The third kappa shape index (κ3) is 5.38. The van der Waals surface area contributed by atoms with E-state index in [2.05, 4.69) is 20.0 Å². The Bertz CT molecular complexity index is 933. The normalized spacial score (nSPS) is 13.7. The third-order valence-corrected chi connectivity index (χ3v) is 5.10. The van der Waals surface area contributed by atoms with Gasteiger partial charge < -0.3 is 14.8 Å². The van der Waals surface area contributed by atoms with Crippen molar-refractivity contribution in [1.82, 2.24) is 9.88 Å². The number of nitrogens with zero attached hydrogens (tertiary/aromatic N) is 4. The summed E-state index contributed by atoms with van der Waals surface area (Å²) in [5.74, 6) is 0.177. The highest BCUT2D eigenvalue weighted by atomic mass is 35.5. The van der Waals surface area contributed by atoms with Gasteiger partial charge in [-0.05, 0) is 37.2 Å². The fourth-order valence-electron chi connectivity index (χ4n) is 3.40. The highest BCUT2D eigenvalue weighted by molar-refractivity contribution is 6.30. The summed E-state index contributed by atoms with van der Waals surface area (Å²) in [6.45, 7) is 2.38. The number of hydrogen-bond acceptors (Lipinski definition) is 6. The molecular weight excluding hydrogens is 395 g/mol. The molecular formula is C21H24ClFN4O2. The van der Waals surface area contributed by atoms with Crippen LogP contribution in [0, 0.1) is 5.82 Å². The number of pyridine rings is 1. The van der Waals surface area contributed by atoms with Gasteiger partial charge in [0.25, 0.3) is 0 Å². The van der Waals surface area contributed by atoms with Crippen molar-refractivity contribution >= 4 is 28.8 Å². The maximum absolute atomic E-state index is 13.4. The second kappa shape index (κ2) is 9.91. The van der Waals surface area contributed by atoms with E-state index >= 15 is 0 Å². The molecule has 0 saturated carbocycles. The molecule has 0 fully saturated rings. The van der Waals surface area contributed by atoms with Crippen LogP contribution in [0.5, 0.6) is 0 Å². The molecule has 0 saturated heterocycles. The van der Waals surface area contributed by atoms with Crippen molar-refractivity contribution < 1.29 is 14.3 Å². The molecule has 3 rings (SSSR count). The Morgan fingerprint density at radius 2 is 2.21 bits per heavy atom. The third-order valence-electron chi connectivity index (χ3n) is 4.81. The molecule has 2 heterocycles. The molecule has 1 N–H and O–H groups in total. The molecule has 29 heavy (non-hydrogen) atoms. The molecule has 8 heteroatoms. The molecule has 1 aliphatic heterocycles. The Balaban J connectivity index is 1.73. The molecule has 0 spiro atoms. The smallest absolute Gasteiger partial charge is 0.156 e. The number of hydrogen-bond donors (Lipinski definition) is 1. The average Bonchev–Trinajstić information content (AvgIpc) is 3.11. The van der Waals surface area contributed by atoms with E-state index < -0.39 is 5.82 Å². The second-order valence-corrected chi connectivity index (χ2v) is 7.48. The number of fused-ring (bicyclic) bond motifs is 1. The number of aliphatic imine (C=N–C) groups is 1. The molecule has 0 unspecified atom stereocenters. The largest absolute Gasteiger partial charge is 0.411 e. The van der Waals surface area contributed by atoms with Crippen LogP contribution in [0.15, 0.2) is 40.6 Å². The van der Waals surface area contributed by atoms with Crippen LogP contribution in [0.4, 0.5) is 10.2 Å². The fourth-order valence-corrected chi connectivity index (χ4v) is 3.61. The van der Waals surface area contributed by atoms with Crippen molar-refractivity contribution in [3.8, 4) is 0 Å². The summed E-state index contributed by atoms with van der Waals surface area (Å²) in [6, 6.07) is 6.30. The summed E-state index contributed by atoms with van der Waals surface area (Å²) in [6.07, 6.45) is 3.58. The molecule has 0 atom stereocenters. The Kier molecular flexibility index (Phi) is 7.30. The number of ether oxygens (including phenoxy) is 1. The van der Waals surface area contributed by atoms with E-state index in [1.54, 1.807) is 25.4 Å². The molecule has 6 nitrogen and oxygen atoms in total.